The van der Waals surface area contributed by atoms with Crippen LogP contribution in [0.2, 0.25) is 0 Å². The van der Waals surface area contributed by atoms with Gasteiger partial charge in [0, 0.05) is 25.1 Å². The fourth-order valence-corrected chi connectivity index (χ4v) is 3.17. The second-order valence-electron chi connectivity index (χ2n) is 6.38. The maximum atomic E-state index is 11.9. The summed E-state index contributed by atoms with van der Waals surface area (Å²) in [5.74, 6) is 1.92. The van der Waals surface area contributed by atoms with Gasteiger partial charge in [-0.3, -0.25) is 14.4 Å². The van der Waals surface area contributed by atoms with Gasteiger partial charge in [0.05, 0.1) is 6.54 Å². The zero-order valence-electron chi connectivity index (χ0n) is 13.6. The first-order valence-electron chi connectivity index (χ1n) is 8.22. The van der Waals surface area contributed by atoms with Gasteiger partial charge in [0.1, 0.15) is 24.2 Å². The van der Waals surface area contributed by atoms with Gasteiger partial charge >= 0.3 is 5.97 Å². The number of nitrogens with zero attached hydrogens (tertiary/aromatic N) is 4. The molecule has 2 heterocycles. The standard InChI is InChI=1S/C17H20N4O3/c1-20-14(18-16(19-20)11-6-7-11)10-21-8-9-24-13-5-3-2-4-12(13)15(21)17(22)23/h2-5,11,15H,6-10H2,1H3,(H,22,23). The average molecular weight is 328 g/mol. The Bertz CT molecular complexity index is 769. The number of para-hydroxylation sites is 1. The molecule has 2 aromatic rings. The SMILES string of the molecule is Cn1nc(C2CC2)nc1CN1CCOc2ccccc2C1C(=O)O. The zero-order chi connectivity index (χ0) is 16.7. The number of aromatic nitrogens is 3. The second kappa shape index (κ2) is 5.90. The molecule has 0 spiro atoms. The van der Waals surface area contributed by atoms with Crippen molar-refractivity contribution in [3.05, 3.63) is 41.5 Å². The highest BCUT2D eigenvalue weighted by Gasteiger charge is 2.34. The first-order valence-corrected chi connectivity index (χ1v) is 8.22. The van der Waals surface area contributed by atoms with E-state index in [4.69, 9.17) is 4.74 Å². The Hall–Kier alpha value is -2.41. The summed E-state index contributed by atoms with van der Waals surface area (Å²) < 4.78 is 7.50. The number of carbonyl (C=O) groups is 1. The van der Waals surface area contributed by atoms with Crippen LogP contribution in [0, 0.1) is 0 Å². The van der Waals surface area contributed by atoms with Gasteiger partial charge in [-0.1, -0.05) is 18.2 Å². The number of hydrogen-bond donors (Lipinski definition) is 1. The second-order valence-corrected chi connectivity index (χ2v) is 6.38. The van der Waals surface area contributed by atoms with Crippen LogP contribution in [0.5, 0.6) is 5.75 Å². The molecular formula is C17H20N4O3. The van der Waals surface area contributed by atoms with Crippen molar-refractivity contribution in [3.63, 3.8) is 0 Å². The quantitative estimate of drug-likeness (QED) is 0.920. The molecule has 0 amide bonds. The van der Waals surface area contributed by atoms with Crippen LogP contribution < -0.4 is 4.74 Å². The van der Waals surface area contributed by atoms with Gasteiger partial charge in [-0.15, -0.1) is 0 Å². The van der Waals surface area contributed by atoms with Crippen LogP contribution in [0.3, 0.4) is 0 Å². The highest BCUT2D eigenvalue weighted by Crippen LogP contribution is 2.38. The number of rotatable bonds is 4. The van der Waals surface area contributed by atoms with Crippen molar-refractivity contribution in [1.29, 1.82) is 0 Å². The van der Waals surface area contributed by atoms with Gasteiger partial charge in [-0.05, 0) is 18.9 Å². The monoisotopic (exact) mass is 328 g/mol. The summed E-state index contributed by atoms with van der Waals surface area (Å²) in [4.78, 5) is 18.5. The molecule has 24 heavy (non-hydrogen) atoms. The van der Waals surface area contributed by atoms with Gasteiger partial charge in [-0.25, -0.2) is 4.98 Å². The van der Waals surface area contributed by atoms with Gasteiger partial charge in [-0.2, -0.15) is 5.10 Å². The molecule has 7 heteroatoms. The Morgan fingerprint density at radius 1 is 1.38 bits per heavy atom. The number of benzene rings is 1. The largest absolute Gasteiger partial charge is 0.492 e. The minimum Gasteiger partial charge on any atom is -0.492 e. The van der Waals surface area contributed by atoms with Crippen molar-refractivity contribution in [2.75, 3.05) is 13.2 Å². The number of aliphatic carboxylic acids is 1. The molecule has 4 rings (SSSR count). The van der Waals surface area contributed by atoms with Crippen LogP contribution in [0.1, 0.15) is 42.0 Å². The van der Waals surface area contributed by atoms with Gasteiger partial charge in [0.2, 0.25) is 0 Å². The van der Waals surface area contributed by atoms with E-state index in [2.05, 4.69) is 10.1 Å². The van der Waals surface area contributed by atoms with E-state index >= 15 is 0 Å². The molecule has 1 N–H and O–H groups in total. The van der Waals surface area contributed by atoms with E-state index in [1.807, 2.05) is 36.2 Å². The molecule has 0 bridgehead atoms. The molecule has 1 atom stereocenters. The number of carboxylic acid groups (broad SMARTS) is 1. The third-order valence-electron chi connectivity index (χ3n) is 4.61. The number of aryl methyl sites for hydroxylation is 1. The third kappa shape index (κ3) is 2.75. The molecule has 1 saturated carbocycles. The lowest BCUT2D eigenvalue weighted by Gasteiger charge is -2.25. The molecule has 0 radical (unpaired) electrons. The number of fused-ring (bicyclic) bond motifs is 1. The molecule has 126 valence electrons. The van der Waals surface area contributed by atoms with Crippen molar-refractivity contribution in [2.24, 2.45) is 7.05 Å². The summed E-state index contributed by atoms with van der Waals surface area (Å²) >= 11 is 0. The fraction of sp³-hybridized carbons (Fsp3) is 0.471. The van der Waals surface area contributed by atoms with Gasteiger partial charge in [0.15, 0.2) is 5.82 Å². The lowest BCUT2D eigenvalue weighted by molar-refractivity contribution is -0.143. The Labute approximate surface area is 139 Å². The van der Waals surface area contributed by atoms with E-state index in [1.165, 1.54) is 0 Å². The summed E-state index contributed by atoms with van der Waals surface area (Å²) in [6, 6.07) is 6.60. The Morgan fingerprint density at radius 2 is 2.17 bits per heavy atom. The Balaban J connectivity index is 1.64. The summed E-state index contributed by atoms with van der Waals surface area (Å²) in [5.41, 5.74) is 0.687. The predicted molar refractivity (Wildman–Crippen MR) is 85.7 cm³/mol. The number of hydrogen-bond acceptors (Lipinski definition) is 5. The van der Waals surface area contributed by atoms with Crippen LogP contribution in [0.15, 0.2) is 24.3 Å². The molecule has 2 aliphatic rings. The van der Waals surface area contributed by atoms with E-state index in [1.54, 1.807) is 4.68 Å². The summed E-state index contributed by atoms with van der Waals surface area (Å²) in [6.07, 6.45) is 2.29. The van der Waals surface area contributed by atoms with Crippen molar-refractivity contribution < 1.29 is 14.6 Å². The minimum atomic E-state index is -0.877. The molecule has 1 aliphatic heterocycles. The molecule has 1 aliphatic carbocycles. The van der Waals surface area contributed by atoms with Crippen molar-refractivity contribution in [3.8, 4) is 5.75 Å². The van der Waals surface area contributed by atoms with Crippen LogP contribution in [0.4, 0.5) is 0 Å². The van der Waals surface area contributed by atoms with Crippen molar-refractivity contribution in [1.82, 2.24) is 19.7 Å². The average Bonchev–Trinajstić information content (AvgIpc) is 3.35. The smallest absolute Gasteiger partial charge is 0.325 e. The summed E-state index contributed by atoms with van der Waals surface area (Å²) in [5, 5.41) is 14.3. The Kier molecular flexibility index (Phi) is 3.72. The Morgan fingerprint density at radius 3 is 2.92 bits per heavy atom. The molecule has 1 fully saturated rings. The fourth-order valence-electron chi connectivity index (χ4n) is 3.17. The summed E-state index contributed by atoms with van der Waals surface area (Å²) in [7, 11) is 1.87. The maximum Gasteiger partial charge on any atom is 0.325 e. The van der Waals surface area contributed by atoms with E-state index in [-0.39, 0.29) is 0 Å². The van der Waals surface area contributed by atoms with Crippen LogP contribution in [-0.2, 0) is 18.4 Å². The van der Waals surface area contributed by atoms with Gasteiger partial charge in [0.25, 0.3) is 0 Å². The molecule has 1 aromatic heterocycles. The molecule has 7 nitrogen and oxygen atoms in total. The minimum absolute atomic E-state index is 0.435. The van der Waals surface area contributed by atoms with E-state index < -0.39 is 12.0 Å². The lowest BCUT2D eigenvalue weighted by Crippen LogP contribution is -2.35. The summed E-state index contributed by atoms with van der Waals surface area (Å²) in [6.45, 7) is 1.41. The van der Waals surface area contributed by atoms with E-state index in [9.17, 15) is 9.90 Å². The van der Waals surface area contributed by atoms with Crippen LogP contribution in [-0.4, -0.2) is 43.9 Å². The molecule has 1 unspecified atom stereocenters. The van der Waals surface area contributed by atoms with Crippen LogP contribution >= 0.6 is 0 Å². The van der Waals surface area contributed by atoms with Crippen LogP contribution in [0.25, 0.3) is 0 Å². The predicted octanol–water partition coefficient (Wildman–Crippen LogP) is 1.71. The van der Waals surface area contributed by atoms with Gasteiger partial charge < -0.3 is 9.84 Å². The maximum absolute atomic E-state index is 11.9. The highest BCUT2D eigenvalue weighted by atomic mass is 16.5. The highest BCUT2D eigenvalue weighted by molar-refractivity contribution is 5.76. The first kappa shape index (κ1) is 15.1. The topological polar surface area (TPSA) is 80.5 Å². The van der Waals surface area contributed by atoms with E-state index in [0.717, 1.165) is 24.5 Å². The zero-order valence-corrected chi connectivity index (χ0v) is 13.6. The van der Waals surface area contributed by atoms with Crippen molar-refractivity contribution >= 4 is 5.97 Å². The normalized spacial score (nSPS) is 21.0. The number of ether oxygens (including phenoxy) is 1. The lowest BCUT2D eigenvalue weighted by atomic mass is 10.0. The third-order valence-corrected chi connectivity index (χ3v) is 4.61. The first-order chi connectivity index (χ1) is 11.6. The molecule has 0 saturated heterocycles. The van der Waals surface area contributed by atoms with E-state index in [0.29, 0.717) is 36.9 Å². The van der Waals surface area contributed by atoms with Crippen molar-refractivity contribution in [2.45, 2.75) is 31.3 Å². The molecule has 1 aromatic carbocycles. The molecular weight excluding hydrogens is 308 g/mol. The number of carboxylic acids is 1.